The van der Waals surface area contributed by atoms with Crippen molar-refractivity contribution in [3.05, 3.63) is 48.2 Å². The van der Waals surface area contributed by atoms with Gasteiger partial charge in [-0.15, -0.1) is 0 Å². The summed E-state index contributed by atoms with van der Waals surface area (Å²) in [6.45, 7) is 5.88. The molecule has 0 aliphatic heterocycles. The number of aromatic nitrogens is 4. The minimum absolute atomic E-state index is 0.0277. The summed E-state index contributed by atoms with van der Waals surface area (Å²) in [5.41, 5.74) is 12.2. The summed E-state index contributed by atoms with van der Waals surface area (Å²) in [6.07, 6.45) is 4.36. The quantitative estimate of drug-likeness (QED) is 0.741. The molecule has 8 heteroatoms. The van der Waals surface area contributed by atoms with Crippen molar-refractivity contribution in [2.75, 3.05) is 11.5 Å². The average molecular weight is 354 g/mol. The molecule has 0 radical (unpaired) electrons. The number of rotatable bonds is 3. The molecular formula is C18H19FN6O. The highest BCUT2D eigenvalue weighted by Crippen LogP contribution is 2.39. The SMILES string of the molecule is CC(C)(C)c1ccc(-c2cnc(N)nc2)c(F)c1Oc1nccc(N)n1. The second-order valence-corrected chi connectivity index (χ2v) is 6.75. The zero-order chi connectivity index (χ0) is 18.9. The number of nitrogens with zero attached hydrogens (tertiary/aromatic N) is 4. The van der Waals surface area contributed by atoms with E-state index in [9.17, 15) is 0 Å². The zero-order valence-electron chi connectivity index (χ0n) is 14.7. The molecule has 0 bridgehead atoms. The standard InChI is InChI=1S/C18H19FN6O/c1-18(2,3)12-5-4-11(10-8-23-16(21)24-9-10)14(19)15(12)26-17-22-7-6-13(20)25-17/h4-9H,1-3H3,(H2,20,22,25)(H2,21,23,24). The molecule has 0 saturated carbocycles. The Morgan fingerprint density at radius 1 is 1.00 bits per heavy atom. The van der Waals surface area contributed by atoms with E-state index in [2.05, 4.69) is 19.9 Å². The largest absolute Gasteiger partial charge is 0.421 e. The van der Waals surface area contributed by atoms with Crippen LogP contribution in [0.1, 0.15) is 26.3 Å². The third-order valence-electron chi connectivity index (χ3n) is 3.74. The van der Waals surface area contributed by atoms with E-state index in [0.29, 0.717) is 11.1 Å². The molecule has 0 amide bonds. The summed E-state index contributed by atoms with van der Waals surface area (Å²) in [5, 5.41) is 0. The lowest BCUT2D eigenvalue weighted by atomic mass is 9.85. The van der Waals surface area contributed by atoms with Gasteiger partial charge < -0.3 is 16.2 Å². The number of halogens is 1. The second kappa shape index (κ2) is 6.55. The first kappa shape index (κ1) is 17.5. The van der Waals surface area contributed by atoms with Crippen molar-refractivity contribution in [3.8, 4) is 22.9 Å². The number of hydrogen-bond acceptors (Lipinski definition) is 7. The fourth-order valence-corrected chi connectivity index (χ4v) is 2.44. The molecule has 0 spiro atoms. The molecule has 134 valence electrons. The van der Waals surface area contributed by atoms with Gasteiger partial charge in [0.1, 0.15) is 5.82 Å². The van der Waals surface area contributed by atoms with Crippen LogP contribution in [0.4, 0.5) is 16.2 Å². The molecule has 3 rings (SSSR count). The van der Waals surface area contributed by atoms with Gasteiger partial charge in [0.05, 0.1) is 0 Å². The topological polar surface area (TPSA) is 113 Å². The fraction of sp³-hybridized carbons (Fsp3) is 0.222. The maximum atomic E-state index is 15.3. The smallest absolute Gasteiger partial charge is 0.323 e. The Hall–Kier alpha value is -3.29. The minimum atomic E-state index is -0.558. The average Bonchev–Trinajstić information content (AvgIpc) is 2.56. The van der Waals surface area contributed by atoms with Gasteiger partial charge in [-0.3, -0.25) is 0 Å². The molecule has 0 aliphatic rings. The third kappa shape index (κ3) is 3.53. The van der Waals surface area contributed by atoms with Crippen molar-refractivity contribution >= 4 is 11.8 Å². The van der Waals surface area contributed by atoms with E-state index in [4.69, 9.17) is 16.2 Å². The lowest BCUT2D eigenvalue weighted by Gasteiger charge is -2.23. The monoisotopic (exact) mass is 354 g/mol. The van der Waals surface area contributed by atoms with Crippen molar-refractivity contribution in [1.29, 1.82) is 0 Å². The van der Waals surface area contributed by atoms with Gasteiger partial charge >= 0.3 is 6.01 Å². The van der Waals surface area contributed by atoms with Crippen LogP contribution in [0.2, 0.25) is 0 Å². The highest BCUT2D eigenvalue weighted by atomic mass is 19.1. The molecule has 2 heterocycles. The summed E-state index contributed by atoms with van der Waals surface area (Å²) < 4.78 is 21.0. The second-order valence-electron chi connectivity index (χ2n) is 6.75. The Kier molecular flexibility index (Phi) is 4.41. The molecule has 0 saturated heterocycles. The molecule has 0 atom stereocenters. The van der Waals surface area contributed by atoms with E-state index in [1.165, 1.54) is 24.7 Å². The zero-order valence-corrected chi connectivity index (χ0v) is 14.7. The molecule has 0 unspecified atom stereocenters. The number of ether oxygens (including phenoxy) is 1. The Labute approximate surface area is 150 Å². The van der Waals surface area contributed by atoms with Crippen LogP contribution in [0.5, 0.6) is 11.8 Å². The number of nitrogen functional groups attached to an aromatic ring is 2. The molecule has 3 aromatic rings. The Balaban J connectivity index is 2.15. The molecular weight excluding hydrogens is 335 g/mol. The lowest BCUT2D eigenvalue weighted by Crippen LogP contribution is -2.14. The first-order valence-electron chi connectivity index (χ1n) is 7.93. The van der Waals surface area contributed by atoms with Crippen molar-refractivity contribution in [2.24, 2.45) is 0 Å². The van der Waals surface area contributed by atoms with Gasteiger partial charge in [0.25, 0.3) is 0 Å². The van der Waals surface area contributed by atoms with Crippen LogP contribution in [-0.2, 0) is 5.41 Å². The third-order valence-corrected chi connectivity index (χ3v) is 3.74. The van der Waals surface area contributed by atoms with E-state index >= 15 is 4.39 Å². The van der Waals surface area contributed by atoms with Crippen LogP contribution in [0.3, 0.4) is 0 Å². The maximum absolute atomic E-state index is 15.3. The summed E-state index contributed by atoms with van der Waals surface area (Å²) in [4.78, 5) is 15.8. The van der Waals surface area contributed by atoms with Crippen LogP contribution in [-0.4, -0.2) is 19.9 Å². The van der Waals surface area contributed by atoms with Crippen molar-refractivity contribution < 1.29 is 9.13 Å². The van der Waals surface area contributed by atoms with Crippen LogP contribution in [0.15, 0.2) is 36.8 Å². The van der Waals surface area contributed by atoms with Gasteiger partial charge in [-0.05, 0) is 11.5 Å². The predicted octanol–water partition coefficient (Wildman–Crippen LogP) is 3.33. The number of anilines is 2. The van der Waals surface area contributed by atoms with Crippen molar-refractivity contribution in [1.82, 2.24) is 19.9 Å². The molecule has 7 nitrogen and oxygen atoms in total. The van der Waals surface area contributed by atoms with E-state index < -0.39 is 5.82 Å². The Morgan fingerprint density at radius 3 is 2.31 bits per heavy atom. The Bertz CT molecular complexity index is 937. The van der Waals surface area contributed by atoms with E-state index in [1.807, 2.05) is 20.8 Å². The first-order chi connectivity index (χ1) is 12.3. The van der Waals surface area contributed by atoms with Gasteiger partial charge in [0.2, 0.25) is 5.95 Å². The molecule has 26 heavy (non-hydrogen) atoms. The summed E-state index contributed by atoms with van der Waals surface area (Å²) >= 11 is 0. The van der Waals surface area contributed by atoms with Crippen LogP contribution in [0, 0.1) is 5.82 Å². The normalized spacial score (nSPS) is 11.4. The molecule has 0 fully saturated rings. The first-order valence-corrected chi connectivity index (χ1v) is 7.93. The van der Waals surface area contributed by atoms with E-state index in [0.717, 1.165) is 0 Å². The summed E-state index contributed by atoms with van der Waals surface area (Å²) in [6, 6.07) is 4.96. The number of benzene rings is 1. The van der Waals surface area contributed by atoms with E-state index in [-0.39, 0.29) is 34.5 Å². The fourth-order valence-electron chi connectivity index (χ4n) is 2.44. The highest BCUT2D eigenvalue weighted by molar-refractivity contribution is 5.67. The highest BCUT2D eigenvalue weighted by Gasteiger charge is 2.25. The summed E-state index contributed by atoms with van der Waals surface area (Å²) in [7, 11) is 0. The van der Waals surface area contributed by atoms with Gasteiger partial charge in [-0.1, -0.05) is 32.9 Å². The van der Waals surface area contributed by atoms with Crippen molar-refractivity contribution in [3.63, 3.8) is 0 Å². The van der Waals surface area contributed by atoms with E-state index in [1.54, 1.807) is 12.1 Å². The van der Waals surface area contributed by atoms with Gasteiger partial charge in [-0.2, -0.15) is 4.98 Å². The Morgan fingerprint density at radius 2 is 1.69 bits per heavy atom. The van der Waals surface area contributed by atoms with Gasteiger partial charge in [0.15, 0.2) is 11.6 Å². The van der Waals surface area contributed by atoms with Gasteiger partial charge in [-0.25, -0.2) is 19.3 Å². The number of nitrogens with two attached hydrogens (primary N) is 2. The van der Waals surface area contributed by atoms with Crippen LogP contribution >= 0.6 is 0 Å². The van der Waals surface area contributed by atoms with Crippen molar-refractivity contribution in [2.45, 2.75) is 26.2 Å². The molecule has 1 aromatic carbocycles. The predicted molar refractivity (Wildman–Crippen MR) is 97.1 cm³/mol. The molecule has 2 aromatic heterocycles. The summed E-state index contributed by atoms with van der Waals surface area (Å²) in [5.74, 6) is -0.171. The van der Waals surface area contributed by atoms with Crippen LogP contribution < -0.4 is 16.2 Å². The molecule has 4 N–H and O–H groups in total. The maximum Gasteiger partial charge on any atom is 0.323 e. The van der Waals surface area contributed by atoms with Crippen LogP contribution in [0.25, 0.3) is 11.1 Å². The number of hydrogen-bond donors (Lipinski definition) is 2. The minimum Gasteiger partial charge on any atom is -0.421 e. The lowest BCUT2D eigenvalue weighted by molar-refractivity contribution is 0.395. The van der Waals surface area contributed by atoms with Gasteiger partial charge in [0, 0.05) is 35.3 Å². The molecule has 0 aliphatic carbocycles.